The molecule has 6 heteroatoms. The largest absolute Gasteiger partial charge is 0.478 e. The molecule has 0 fully saturated rings. The van der Waals surface area contributed by atoms with E-state index >= 15 is 0 Å². The van der Waals surface area contributed by atoms with E-state index in [0.717, 1.165) is 17.8 Å². The molecule has 0 spiro atoms. The molecule has 0 aliphatic rings. The first-order valence-electron chi connectivity index (χ1n) is 2.70. The van der Waals surface area contributed by atoms with Gasteiger partial charge in [0.1, 0.15) is 6.33 Å². The number of carbonyl (C=O) groups is 1. The third kappa shape index (κ3) is 2.85. The number of thioether (sulfide) groups is 1. The molecular formula is C5H5N3O2S. The minimum atomic E-state index is -0.975. The second-order valence-electron chi connectivity index (χ2n) is 1.55. The van der Waals surface area contributed by atoms with Gasteiger partial charge in [0.2, 0.25) is 0 Å². The van der Waals surface area contributed by atoms with Crippen molar-refractivity contribution < 1.29 is 9.90 Å². The topological polar surface area (TPSA) is 78.9 Å². The molecular weight excluding hydrogens is 166 g/mol. The molecule has 0 aliphatic carbocycles. The zero-order valence-electron chi connectivity index (χ0n) is 5.39. The zero-order valence-corrected chi connectivity index (χ0v) is 6.21. The number of aromatic nitrogens is 3. The second kappa shape index (κ2) is 3.77. The van der Waals surface area contributed by atoms with Gasteiger partial charge in [0.05, 0.1) is 0 Å². The summed E-state index contributed by atoms with van der Waals surface area (Å²) in [5.74, 6) is -0.975. The standard InChI is InChI=1S/C5H5N3O2S/c9-4(10)1-2-11-5-6-3-7-8-5/h1-3H,(H,9,10)(H,6,7,8)/b2-1+. The van der Waals surface area contributed by atoms with E-state index in [4.69, 9.17) is 5.11 Å². The Hall–Kier alpha value is -1.30. The SMILES string of the molecule is O=C(O)/C=C/Sc1ncn[nH]1. The summed E-state index contributed by atoms with van der Waals surface area (Å²) in [7, 11) is 0. The lowest BCUT2D eigenvalue weighted by molar-refractivity contribution is -0.131. The van der Waals surface area contributed by atoms with Gasteiger partial charge in [-0.15, -0.1) is 0 Å². The maximum atomic E-state index is 9.98. The highest BCUT2D eigenvalue weighted by molar-refractivity contribution is 8.02. The van der Waals surface area contributed by atoms with Gasteiger partial charge in [0, 0.05) is 6.08 Å². The number of nitrogens with zero attached hydrogens (tertiary/aromatic N) is 2. The number of hydrogen-bond donors (Lipinski definition) is 2. The minimum absolute atomic E-state index is 0.572. The molecule has 1 rings (SSSR count). The number of hydrogen-bond acceptors (Lipinski definition) is 4. The normalized spacial score (nSPS) is 10.5. The van der Waals surface area contributed by atoms with Gasteiger partial charge in [-0.2, -0.15) is 5.10 Å². The summed E-state index contributed by atoms with van der Waals surface area (Å²) in [6.07, 6.45) is 2.39. The molecule has 5 nitrogen and oxygen atoms in total. The van der Waals surface area contributed by atoms with Crippen LogP contribution in [0.5, 0.6) is 0 Å². The predicted molar refractivity (Wildman–Crippen MR) is 39.0 cm³/mol. The quantitative estimate of drug-likeness (QED) is 0.511. The first kappa shape index (κ1) is 7.80. The van der Waals surface area contributed by atoms with E-state index in [1.165, 1.54) is 11.7 Å². The molecule has 0 bridgehead atoms. The Kier molecular flexibility index (Phi) is 2.67. The first-order valence-corrected chi connectivity index (χ1v) is 3.58. The summed E-state index contributed by atoms with van der Waals surface area (Å²) >= 11 is 1.16. The number of carboxylic acid groups (broad SMARTS) is 1. The number of carboxylic acids is 1. The Morgan fingerprint density at radius 2 is 2.64 bits per heavy atom. The van der Waals surface area contributed by atoms with Crippen LogP contribution in [0.4, 0.5) is 0 Å². The molecule has 2 N–H and O–H groups in total. The molecule has 1 heterocycles. The van der Waals surface area contributed by atoms with Crippen molar-refractivity contribution in [1.29, 1.82) is 0 Å². The Labute approximate surface area is 66.5 Å². The van der Waals surface area contributed by atoms with Crippen LogP contribution in [0.2, 0.25) is 0 Å². The van der Waals surface area contributed by atoms with Crippen LogP contribution in [0.25, 0.3) is 0 Å². The van der Waals surface area contributed by atoms with Crippen molar-refractivity contribution in [3.63, 3.8) is 0 Å². The Morgan fingerprint density at radius 1 is 1.82 bits per heavy atom. The van der Waals surface area contributed by atoms with Crippen molar-refractivity contribution in [1.82, 2.24) is 15.2 Å². The third-order valence-corrected chi connectivity index (χ3v) is 1.48. The summed E-state index contributed by atoms with van der Waals surface area (Å²) in [5.41, 5.74) is 0. The Morgan fingerprint density at radius 3 is 3.18 bits per heavy atom. The molecule has 0 aliphatic heterocycles. The maximum absolute atomic E-state index is 9.98. The van der Waals surface area contributed by atoms with Gasteiger partial charge >= 0.3 is 5.97 Å². The van der Waals surface area contributed by atoms with E-state index in [2.05, 4.69) is 15.2 Å². The van der Waals surface area contributed by atoms with Gasteiger partial charge in [-0.3, -0.25) is 5.10 Å². The van der Waals surface area contributed by atoms with E-state index in [-0.39, 0.29) is 0 Å². The zero-order chi connectivity index (χ0) is 8.10. The van der Waals surface area contributed by atoms with Crippen molar-refractivity contribution >= 4 is 17.7 Å². The lowest BCUT2D eigenvalue weighted by atomic mass is 10.7. The molecule has 1 aromatic rings. The molecule has 0 atom stereocenters. The van der Waals surface area contributed by atoms with Gasteiger partial charge in [-0.25, -0.2) is 9.78 Å². The van der Waals surface area contributed by atoms with E-state index in [0.29, 0.717) is 5.16 Å². The van der Waals surface area contributed by atoms with Gasteiger partial charge in [0.25, 0.3) is 0 Å². The number of aromatic amines is 1. The molecule has 58 valence electrons. The average Bonchev–Trinajstić information content (AvgIpc) is 2.39. The van der Waals surface area contributed by atoms with Crippen LogP contribution in [0.15, 0.2) is 23.0 Å². The van der Waals surface area contributed by atoms with E-state index < -0.39 is 5.97 Å². The summed E-state index contributed by atoms with van der Waals surface area (Å²) in [4.78, 5) is 13.7. The van der Waals surface area contributed by atoms with E-state index in [1.807, 2.05) is 0 Å². The second-order valence-corrected chi connectivity index (χ2v) is 2.44. The highest BCUT2D eigenvalue weighted by Crippen LogP contribution is 2.10. The Balaban J connectivity index is 2.40. The lowest BCUT2D eigenvalue weighted by Gasteiger charge is -1.82. The van der Waals surface area contributed by atoms with Gasteiger partial charge in [0.15, 0.2) is 5.16 Å². The maximum Gasteiger partial charge on any atom is 0.328 e. The van der Waals surface area contributed by atoms with Crippen molar-refractivity contribution in [3.05, 3.63) is 17.8 Å². The third-order valence-electron chi connectivity index (χ3n) is 0.783. The van der Waals surface area contributed by atoms with Crippen LogP contribution in [-0.4, -0.2) is 26.3 Å². The molecule has 0 saturated carbocycles. The molecule has 1 aromatic heterocycles. The van der Waals surface area contributed by atoms with Gasteiger partial charge in [-0.1, -0.05) is 11.8 Å². The molecule has 0 radical (unpaired) electrons. The van der Waals surface area contributed by atoms with Crippen molar-refractivity contribution in [2.45, 2.75) is 5.16 Å². The summed E-state index contributed by atoms with van der Waals surface area (Å²) in [6, 6.07) is 0. The lowest BCUT2D eigenvalue weighted by Crippen LogP contribution is -1.84. The molecule has 0 saturated heterocycles. The minimum Gasteiger partial charge on any atom is -0.478 e. The average molecular weight is 171 g/mol. The highest BCUT2D eigenvalue weighted by atomic mass is 32.2. The van der Waals surface area contributed by atoms with Crippen LogP contribution >= 0.6 is 11.8 Å². The molecule has 11 heavy (non-hydrogen) atoms. The van der Waals surface area contributed by atoms with Gasteiger partial charge < -0.3 is 5.11 Å². The van der Waals surface area contributed by atoms with Crippen molar-refractivity contribution in [2.75, 3.05) is 0 Å². The summed E-state index contributed by atoms with van der Waals surface area (Å²) in [6.45, 7) is 0. The fourth-order valence-electron chi connectivity index (χ4n) is 0.408. The van der Waals surface area contributed by atoms with Crippen LogP contribution in [0.1, 0.15) is 0 Å². The predicted octanol–water partition coefficient (Wildman–Crippen LogP) is 0.495. The summed E-state index contributed by atoms with van der Waals surface area (Å²) in [5, 5.41) is 16.3. The van der Waals surface area contributed by atoms with Crippen molar-refractivity contribution in [3.8, 4) is 0 Å². The molecule has 0 amide bonds. The van der Waals surface area contributed by atoms with Crippen LogP contribution in [0.3, 0.4) is 0 Å². The number of aliphatic carboxylic acids is 1. The van der Waals surface area contributed by atoms with Crippen LogP contribution < -0.4 is 0 Å². The number of rotatable bonds is 3. The van der Waals surface area contributed by atoms with Gasteiger partial charge in [-0.05, 0) is 5.41 Å². The number of H-pyrrole nitrogens is 1. The molecule has 0 unspecified atom stereocenters. The fraction of sp³-hybridized carbons (Fsp3) is 0. The summed E-state index contributed by atoms with van der Waals surface area (Å²) < 4.78 is 0. The van der Waals surface area contributed by atoms with Crippen LogP contribution in [-0.2, 0) is 4.79 Å². The van der Waals surface area contributed by atoms with Crippen LogP contribution in [0, 0.1) is 0 Å². The fourth-order valence-corrected chi connectivity index (χ4v) is 0.934. The highest BCUT2D eigenvalue weighted by Gasteiger charge is 1.91. The number of nitrogens with one attached hydrogen (secondary N) is 1. The first-order chi connectivity index (χ1) is 5.29. The monoisotopic (exact) mass is 171 g/mol. The Bertz CT molecular complexity index is 257. The molecule has 0 aromatic carbocycles. The van der Waals surface area contributed by atoms with Crippen molar-refractivity contribution in [2.24, 2.45) is 0 Å². The van der Waals surface area contributed by atoms with E-state index in [1.54, 1.807) is 0 Å². The smallest absolute Gasteiger partial charge is 0.328 e. The van der Waals surface area contributed by atoms with E-state index in [9.17, 15) is 4.79 Å².